The van der Waals surface area contributed by atoms with E-state index in [1.54, 1.807) is 18.2 Å². The van der Waals surface area contributed by atoms with E-state index in [0.717, 1.165) is 0 Å². The van der Waals surface area contributed by atoms with Crippen LogP contribution in [0.3, 0.4) is 0 Å². The normalized spacial score (nSPS) is 16.2. The van der Waals surface area contributed by atoms with Crippen LogP contribution in [-0.4, -0.2) is 26.3 Å². The molecule has 0 amide bonds. The lowest BCUT2D eigenvalue weighted by Gasteiger charge is -2.27. The van der Waals surface area contributed by atoms with E-state index < -0.39 is 0 Å². The Hall–Kier alpha value is -1.52. The third kappa shape index (κ3) is 1.87. The van der Waals surface area contributed by atoms with Gasteiger partial charge in [-0.15, -0.1) is 0 Å². The molecule has 4 nitrogen and oxygen atoms in total. The van der Waals surface area contributed by atoms with Gasteiger partial charge in [-0.05, 0) is 12.1 Å². The van der Waals surface area contributed by atoms with Crippen LogP contribution < -0.4 is 10.3 Å². The van der Waals surface area contributed by atoms with Gasteiger partial charge >= 0.3 is 0 Å². The lowest BCUT2D eigenvalue weighted by atomic mass is 10.2. The van der Waals surface area contributed by atoms with Gasteiger partial charge < -0.3 is 14.1 Å². The lowest BCUT2D eigenvalue weighted by Crippen LogP contribution is -2.37. The number of nitrogens with zero attached hydrogens (tertiary/aromatic N) is 1. The predicted octanol–water partition coefficient (Wildman–Crippen LogP) is 2.28. The van der Waals surface area contributed by atoms with E-state index in [9.17, 15) is 4.79 Å². The summed E-state index contributed by atoms with van der Waals surface area (Å²) in [6.07, 6.45) is 0. The molecular formula is C13H12ClNO3. The summed E-state index contributed by atoms with van der Waals surface area (Å²) in [5, 5.41) is 0.662. The molecule has 0 saturated carbocycles. The molecule has 3 rings (SSSR count). The Morgan fingerprint density at radius 2 is 1.89 bits per heavy atom. The van der Waals surface area contributed by atoms with E-state index in [4.69, 9.17) is 20.8 Å². The van der Waals surface area contributed by atoms with Crippen LogP contribution >= 0.6 is 11.6 Å². The smallest absolute Gasteiger partial charge is 0.219 e. The van der Waals surface area contributed by atoms with Gasteiger partial charge in [-0.3, -0.25) is 4.79 Å². The van der Waals surface area contributed by atoms with Crippen molar-refractivity contribution in [3.63, 3.8) is 0 Å². The SMILES string of the molecule is O=c1c(Cl)c(N2CCOCC2)oc2ccccc12. The standard InChI is InChI=1S/C13H12ClNO3/c14-11-12(16)9-3-1-2-4-10(9)18-13(11)15-5-7-17-8-6-15/h1-4H,5-8H2. The fourth-order valence-corrected chi connectivity index (χ4v) is 2.34. The summed E-state index contributed by atoms with van der Waals surface area (Å²) in [5.74, 6) is 0.448. The van der Waals surface area contributed by atoms with Gasteiger partial charge in [-0.25, -0.2) is 0 Å². The van der Waals surface area contributed by atoms with Gasteiger partial charge in [0.1, 0.15) is 10.6 Å². The molecule has 1 fully saturated rings. The maximum absolute atomic E-state index is 12.1. The van der Waals surface area contributed by atoms with Gasteiger partial charge in [0.05, 0.1) is 18.6 Å². The fraction of sp³-hybridized carbons (Fsp3) is 0.308. The average molecular weight is 266 g/mol. The number of fused-ring (bicyclic) bond motifs is 1. The van der Waals surface area contributed by atoms with Crippen molar-refractivity contribution in [1.82, 2.24) is 0 Å². The third-order valence-corrected chi connectivity index (χ3v) is 3.36. The molecule has 2 heterocycles. The largest absolute Gasteiger partial charge is 0.439 e. The van der Waals surface area contributed by atoms with Gasteiger partial charge in [0.2, 0.25) is 11.3 Å². The maximum Gasteiger partial charge on any atom is 0.219 e. The van der Waals surface area contributed by atoms with Crippen molar-refractivity contribution in [1.29, 1.82) is 0 Å². The van der Waals surface area contributed by atoms with Crippen LogP contribution in [0.5, 0.6) is 0 Å². The molecule has 1 aromatic carbocycles. The summed E-state index contributed by atoms with van der Waals surface area (Å²) >= 11 is 6.12. The molecule has 0 bridgehead atoms. The predicted molar refractivity (Wildman–Crippen MR) is 70.5 cm³/mol. The van der Waals surface area contributed by atoms with E-state index >= 15 is 0 Å². The van der Waals surface area contributed by atoms with E-state index in [1.165, 1.54) is 0 Å². The van der Waals surface area contributed by atoms with Crippen molar-refractivity contribution in [2.45, 2.75) is 0 Å². The van der Waals surface area contributed by atoms with Gasteiger partial charge in [-0.1, -0.05) is 23.7 Å². The Morgan fingerprint density at radius 3 is 2.67 bits per heavy atom. The molecular weight excluding hydrogens is 254 g/mol. The van der Waals surface area contributed by atoms with Crippen molar-refractivity contribution in [3.8, 4) is 0 Å². The van der Waals surface area contributed by atoms with Crippen LogP contribution in [0.15, 0.2) is 33.5 Å². The summed E-state index contributed by atoms with van der Waals surface area (Å²) in [5.41, 5.74) is 0.383. The highest BCUT2D eigenvalue weighted by Gasteiger charge is 2.20. The topological polar surface area (TPSA) is 42.7 Å². The quantitative estimate of drug-likeness (QED) is 0.793. The zero-order valence-corrected chi connectivity index (χ0v) is 10.4. The summed E-state index contributed by atoms with van der Waals surface area (Å²) in [4.78, 5) is 14.1. The highest BCUT2D eigenvalue weighted by molar-refractivity contribution is 6.33. The maximum atomic E-state index is 12.1. The number of hydrogen-bond acceptors (Lipinski definition) is 4. The molecule has 1 saturated heterocycles. The molecule has 0 aliphatic carbocycles. The lowest BCUT2D eigenvalue weighted by molar-refractivity contribution is 0.121. The molecule has 2 aromatic rings. The molecule has 1 aromatic heterocycles. The minimum absolute atomic E-state index is 0.149. The Labute approximate surface area is 109 Å². The van der Waals surface area contributed by atoms with Crippen molar-refractivity contribution in [2.24, 2.45) is 0 Å². The molecule has 0 unspecified atom stereocenters. The number of para-hydroxylation sites is 1. The van der Waals surface area contributed by atoms with Gasteiger partial charge in [0.25, 0.3) is 0 Å². The van der Waals surface area contributed by atoms with E-state index in [1.807, 2.05) is 11.0 Å². The number of halogens is 1. The first kappa shape index (κ1) is 11.6. The Balaban J connectivity index is 2.17. The number of anilines is 1. The number of ether oxygens (including phenoxy) is 1. The van der Waals surface area contributed by atoms with Crippen LogP contribution in [0.25, 0.3) is 11.0 Å². The van der Waals surface area contributed by atoms with Crippen molar-refractivity contribution < 1.29 is 9.15 Å². The molecule has 18 heavy (non-hydrogen) atoms. The van der Waals surface area contributed by atoms with E-state index in [2.05, 4.69) is 0 Å². The molecule has 0 atom stereocenters. The summed E-state index contributed by atoms with van der Waals surface area (Å²) in [6, 6.07) is 7.12. The van der Waals surface area contributed by atoms with Crippen LogP contribution in [0.4, 0.5) is 5.88 Å². The Kier molecular flexibility index (Phi) is 2.97. The van der Waals surface area contributed by atoms with E-state index in [-0.39, 0.29) is 10.5 Å². The highest BCUT2D eigenvalue weighted by Crippen LogP contribution is 2.27. The first-order valence-electron chi connectivity index (χ1n) is 5.81. The van der Waals surface area contributed by atoms with Gasteiger partial charge in [-0.2, -0.15) is 0 Å². The summed E-state index contributed by atoms with van der Waals surface area (Å²) in [6.45, 7) is 2.60. The molecule has 0 spiro atoms. The molecule has 0 radical (unpaired) electrons. The third-order valence-electron chi connectivity index (χ3n) is 3.02. The zero-order chi connectivity index (χ0) is 12.5. The van der Waals surface area contributed by atoms with Crippen molar-refractivity contribution in [2.75, 3.05) is 31.2 Å². The Bertz CT molecular complexity index is 632. The molecule has 1 aliphatic rings. The second-order valence-corrected chi connectivity index (χ2v) is 4.52. The van der Waals surface area contributed by atoms with Crippen molar-refractivity contribution >= 4 is 28.5 Å². The number of morpholine rings is 1. The first-order valence-corrected chi connectivity index (χ1v) is 6.19. The number of benzene rings is 1. The van der Waals surface area contributed by atoms with Crippen LogP contribution in [0.2, 0.25) is 5.02 Å². The van der Waals surface area contributed by atoms with Crippen LogP contribution in [0.1, 0.15) is 0 Å². The number of hydrogen-bond donors (Lipinski definition) is 0. The fourth-order valence-electron chi connectivity index (χ4n) is 2.08. The minimum Gasteiger partial charge on any atom is -0.439 e. The monoisotopic (exact) mass is 265 g/mol. The molecule has 0 N–H and O–H groups in total. The zero-order valence-electron chi connectivity index (χ0n) is 9.69. The highest BCUT2D eigenvalue weighted by atomic mass is 35.5. The van der Waals surface area contributed by atoms with Crippen molar-refractivity contribution in [3.05, 3.63) is 39.5 Å². The van der Waals surface area contributed by atoms with Crippen LogP contribution in [-0.2, 0) is 4.74 Å². The summed E-state index contributed by atoms with van der Waals surface area (Å²) < 4.78 is 11.0. The Morgan fingerprint density at radius 1 is 1.17 bits per heavy atom. The van der Waals surface area contributed by atoms with Crippen LogP contribution in [0, 0.1) is 0 Å². The van der Waals surface area contributed by atoms with E-state index in [0.29, 0.717) is 43.2 Å². The average Bonchev–Trinajstić information content (AvgIpc) is 2.44. The molecule has 94 valence electrons. The molecule has 5 heteroatoms. The first-order chi connectivity index (χ1) is 8.77. The second kappa shape index (κ2) is 4.63. The minimum atomic E-state index is -0.181. The van der Waals surface area contributed by atoms with Gasteiger partial charge in [0.15, 0.2) is 0 Å². The second-order valence-electron chi connectivity index (χ2n) is 4.15. The molecule has 1 aliphatic heterocycles. The van der Waals surface area contributed by atoms with Gasteiger partial charge in [0, 0.05) is 13.1 Å². The summed E-state index contributed by atoms with van der Waals surface area (Å²) in [7, 11) is 0. The number of rotatable bonds is 1.